The molecule has 0 amide bonds. The number of amidine groups is 1. The molecule has 0 spiro atoms. The summed E-state index contributed by atoms with van der Waals surface area (Å²) in [6, 6.07) is 0.461. The van der Waals surface area contributed by atoms with Crippen molar-refractivity contribution in [2.75, 3.05) is 13.1 Å². The lowest BCUT2D eigenvalue weighted by Crippen LogP contribution is -2.42. The molecule has 1 aliphatic rings. The highest BCUT2D eigenvalue weighted by atomic mass is 15.0. The van der Waals surface area contributed by atoms with Crippen molar-refractivity contribution < 1.29 is 0 Å². The fourth-order valence-electron chi connectivity index (χ4n) is 0.978. The van der Waals surface area contributed by atoms with Gasteiger partial charge in [0.05, 0.1) is 5.84 Å². The molecule has 0 fully saturated rings. The maximum absolute atomic E-state index is 5.45. The zero-order valence-corrected chi connectivity index (χ0v) is 5.72. The smallest absolute Gasteiger partial charge is 0.0934 e. The van der Waals surface area contributed by atoms with Crippen molar-refractivity contribution in [3.63, 3.8) is 0 Å². The molecule has 52 valence electrons. The van der Waals surface area contributed by atoms with Crippen molar-refractivity contribution in [1.29, 1.82) is 0 Å². The van der Waals surface area contributed by atoms with Gasteiger partial charge >= 0.3 is 0 Å². The van der Waals surface area contributed by atoms with E-state index in [0.717, 1.165) is 18.8 Å². The summed E-state index contributed by atoms with van der Waals surface area (Å²) in [7, 11) is 0. The minimum absolute atomic E-state index is 0.461. The van der Waals surface area contributed by atoms with Crippen LogP contribution in [0, 0.1) is 0 Å². The van der Waals surface area contributed by atoms with Crippen LogP contribution in [-0.4, -0.2) is 25.0 Å². The minimum Gasteiger partial charge on any atom is -0.370 e. The third-order valence-corrected chi connectivity index (χ3v) is 1.52. The zero-order chi connectivity index (χ0) is 6.69. The Kier molecular flexibility index (Phi) is 2.05. The fraction of sp³-hybridized carbons (Fsp3) is 0.833. The predicted molar refractivity (Wildman–Crippen MR) is 38.6 cm³/mol. The van der Waals surface area contributed by atoms with Gasteiger partial charge in [-0.05, 0) is 13.3 Å². The molecule has 1 unspecified atom stereocenters. The van der Waals surface area contributed by atoms with E-state index in [4.69, 9.17) is 5.73 Å². The van der Waals surface area contributed by atoms with Crippen molar-refractivity contribution in [1.82, 2.24) is 5.32 Å². The number of nitrogens with zero attached hydrogens (tertiary/aromatic N) is 1. The summed E-state index contributed by atoms with van der Waals surface area (Å²) in [5.74, 6) is 1.02. The van der Waals surface area contributed by atoms with Gasteiger partial charge < -0.3 is 11.1 Å². The van der Waals surface area contributed by atoms with Crippen molar-refractivity contribution in [3.8, 4) is 0 Å². The zero-order valence-electron chi connectivity index (χ0n) is 5.72. The summed E-state index contributed by atoms with van der Waals surface area (Å²) >= 11 is 0. The van der Waals surface area contributed by atoms with Crippen LogP contribution in [0.2, 0.25) is 0 Å². The molecule has 3 N–H and O–H groups in total. The first kappa shape index (κ1) is 6.55. The Morgan fingerprint density at radius 3 is 3.11 bits per heavy atom. The van der Waals surface area contributed by atoms with Crippen molar-refractivity contribution >= 4 is 5.84 Å². The Balaban J connectivity index is 2.39. The average Bonchev–Trinajstić information content (AvgIpc) is 1.88. The molecular weight excluding hydrogens is 114 g/mol. The third kappa shape index (κ3) is 1.68. The van der Waals surface area contributed by atoms with Crippen molar-refractivity contribution in [2.24, 2.45) is 10.7 Å². The first-order valence-electron chi connectivity index (χ1n) is 3.30. The largest absolute Gasteiger partial charge is 0.370 e. The van der Waals surface area contributed by atoms with E-state index in [1.54, 1.807) is 0 Å². The number of rotatable bonds is 1. The maximum atomic E-state index is 5.45. The number of nitrogens with one attached hydrogen (secondary N) is 1. The molecule has 0 saturated carbocycles. The highest BCUT2D eigenvalue weighted by Gasteiger charge is 2.09. The number of hydrogen-bond acceptors (Lipinski definition) is 3. The van der Waals surface area contributed by atoms with Crippen LogP contribution < -0.4 is 11.1 Å². The molecule has 1 atom stereocenters. The van der Waals surface area contributed by atoms with Crippen LogP contribution in [0.15, 0.2) is 4.99 Å². The fourth-order valence-corrected chi connectivity index (χ4v) is 0.978. The summed E-state index contributed by atoms with van der Waals surface area (Å²) in [6.45, 7) is 3.62. The first-order chi connectivity index (χ1) is 4.33. The molecule has 3 heteroatoms. The van der Waals surface area contributed by atoms with Gasteiger partial charge in [-0.15, -0.1) is 0 Å². The van der Waals surface area contributed by atoms with Gasteiger partial charge in [0, 0.05) is 19.1 Å². The number of nitrogens with two attached hydrogens (primary N) is 1. The number of hydrogen-bond donors (Lipinski definition) is 2. The van der Waals surface area contributed by atoms with E-state index in [-0.39, 0.29) is 0 Å². The van der Waals surface area contributed by atoms with Crippen LogP contribution in [0.1, 0.15) is 13.3 Å². The lowest BCUT2D eigenvalue weighted by Gasteiger charge is -2.20. The Hall–Kier alpha value is -0.570. The Morgan fingerprint density at radius 1 is 1.89 bits per heavy atom. The van der Waals surface area contributed by atoms with Crippen LogP contribution in [0.5, 0.6) is 0 Å². The topological polar surface area (TPSA) is 50.4 Å². The van der Waals surface area contributed by atoms with Crippen molar-refractivity contribution in [2.45, 2.75) is 19.4 Å². The van der Waals surface area contributed by atoms with Gasteiger partial charge in [0.25, 0.3) is 0 Å². The maximum Gasteiger partial charge on any atom is 0.0934 e. The van der Waals surface area contributed by atoms with E-state index < -0.39 is 0 Å². The average molecular weight is 127 g/mol. The molecule has 1 aliphatic heterocycles. The van der Waals surface area contributed by atoms with E-state index in [0.29, 0.717) is 12.6 Å². The molecule has 0 aromatic carbocycles. The molecule has 1 heterocycles. The van der Waals surface area contributed by atoms with Crippen LogP contribution >= 0.6 is 0 Å². The molecule has 0 aromatic rings. The van der Waals surface area contributed by atoms with Gasteiger partial charge in [0.15, 0.2) is 0 Å². The normalized spacial score (nSPS) is 26.9. The second kappa shape index (κ2) is 2.82. The van der Waals surface area contributed by atoms with Crippen molar-refractivity contribution in [3.05, 3.63) is 0 Å². The molecule has 0 bridgehead atoms. The molecule has 3 nitrogen and oxygen atoms in total. The summed E-state index contributed by atoms with van der Waals surface area (Å²) in [5.41, 5.74) is 5.45. The predicted octanol–water partition coefficient (Wildman–Crippen LogP) is -0.275. The van der Waals surface area contributed by atoms with E-state index in [1.165, 1.54) is 0 Å². The lowest BCUT2D eigenvalue weighted by atomic mass is 10.2. The Morgan fingerprint density at radius 2 is 2.67 bits per heavy atom. The van der Waals surface area contributed by atoms with E-state index >= 15 is 0 Å². The molecule has 0 aliphatic carbocycles. The molecule has 1 rings (SSSR count). The van der Waals surface area contributed by atoms with E-state index in [9.17, 15) is 0 Å². The Labute approximate surface area is 55.3 Å². The highest BCUT2D eigenvalue weighted by molar-refractivity contribution is 5.80. The third-order valence-electron chi connectivity index (χ3n) is 1.52. The quantitative estimate of drug-likeness (QED) is 0.509. The van der Waals surface area contributed by atoms with Gasteiger partial charge in [-0.1, -0.05) is 0 Å². The van der Waals surface area contributed by atoms with Crippen LogP contribution in [0.4, 0.5) is 0 Å². The van der Waals surface area contributed by atoms with Gasteiger partial charge in [-0.2, -0.15) is 0 Å². The second-order valence-electron chi connectivity index (χ2n) is 2.33. The highest BCUT2D eigenvalue weighted by Crippen LogP contribution is 1.96. The Bertz CT molecular complexity index is 119. The van der Waals surface area contributed by atoms with Crippen LogP contribution in [0.3, 0.4) is 0 Å². The molecule has 0 radical (unpaired) electrons. The second-order valence-corrected chi connectivity index (χ2v) is 2.33. The molecule has 0 aromatic heterocycles. The summed E-state index contributed by atoms with van der Waals surface area (Å²) < 4.78 is 0. The summed E-state index contributed by atoms with van der Waals surface area (Å²) in [4.78, 5) is 4.18. The molecule has 0 saturated heterocycles. The minimum atomic E-state index is 0.461. The van der Waals surface area contributed by atoms with E-state index in [2.05, 4.69) is 10.3 Å². The van der Waals surface area contributed by atoms with Gasteiger partial charge in [-0.3, -0.25) is 4.99 Å². The van der Waals surface area contributed by atoms with Gasteiger partial charge in [-0.25, -0.2) is 0 Å². The SMILES string of the molecule is CC1=NCCC(CN)N1. The van der Waals surface area contributed by atoms with Crippen LogP contribution in [-0.2, 0) is 0 Å². The molecule has 9 heavy (non-hydrogen) atoms. The number of aliphatic imine (C=N–C) groups is 1. The van der Waals surface area contributed by atoms with Gasteiger partial charge in [0.2, 0.25) is 0 Å². The summed E-state index contributed by atoms with van der Waals surface area (Å²) in [5, 5.41) is 3.19. The van der Waals surface area contributed by atoms with E-state index in [1.807, 2.05) is 6.92 Å². The van der Waals surface area contributed by atoms with Crippen LogP contribution in [0.25, 0.3) is 0 Å². The summed E-state index contributed by atoms with van der Waals surface area (Å²) in [6.07, 6.45) is 1.08. The monoisotopic (exact) mass is 127 g/mol. The lowest BCUT2D eigenvalue weighted by molar-refractivity contribution is 0.551. The van der Waals surface area contributed by atoms with Gasteiger partial charge in [0.1, 0.15) is 0 Å². The first-order valence-corrected chi connectivity index (χ1v) is 3.30. The standard InChI is InChI=1S/C6H13N3/c1-5-8-3-2-6(4-7)9-5/h6H,2-4,7H2,1H3,(H,8,9). The molecular formula is C6H13N3.